The monoisotopic (exact) mass is 344 g/mol. The summed E-state index contributed by atoms with van der Waals surface area (Å²) in [5, 5.41) is 13.1. The maximum absolute atomic E-state index is 4.70. The van der Waals surface area contributed by atoms with E-state index in [1.165, 1.54) is 61.7 Å². The Kier molecular flexibility index (Phi) is 3.86. The van der Waals surface area contributed by atoms with Crippen molar-refractivity contribution in [1.29, 1.82) is 0 Å². The van der Waals surface area contributed by atoms with E-state index in [0.29, 0.717) is 5.92 Å². The highest BCUT2D eigenvalue weighted by Gasteiger charge is 2.30. The lowest BCUT2D eigenvalue weighted by molar-refractivity contribution is 0.186. The number of nitrogens with zero attached hydrogens (tertiary/aromatic N) is 6. The highest BCUT2D eigenvalue weighted by Crippen LogP contribution is 2.40. The quantitative estimate of drug-likeness (QED) is 0.849. The Morgan fingerprint density at radius 3 is 2.54 bits per heavy atom. The largest absolute Gasteiger partial charge is 0.368 e. The SMILES string of the molecule is c1c(C2CC2)nn2cnnc2c1N1CCC(N2CCSCC2)CC1. The zero-order chi connectivity index (χ0) is 15.9. The Morgan fingerprint density at radius 1 is 1.00 bits per heavy atom. The van der Waals surface area contributed by atoms with Gasteiger partial charge in [-0.2, -0.15) is 21.4 Å². The van der Waals surface area contributed by atoms with Gasteiger partial charge in [-0.1, -0.05) is 0 Å². The molecule has 0 unspecified atom stereocenters. The van der Waals surface area contributed by atoms with Crippen LogP contribution in [0.5, 0.6) is 0 Å². The molecule has 2 saturated heterocycles. The molecule has 0 radical (unpaired) electrons. The van der Waals surface area contributed by atoms with Gasteiger partial charge in [0.05, 0.1) is 11.4 Å². The van der Waals surface area contributed by atoms with Crippen molar-refractivity contribution in [2.24, 2.45) is 0 Å². The highest BCUT2D eigenvalue weighted by atomic mass is 32.2. The number of hydrogen-bond acceptors (Lipinski definition) is 6. The number of rotatable bonds is 3. The van der Waals surface area contributed by atoms with Gasteiger partial charge < -0.3 is 4.90 Å². The van der Waals surface area contributed by atoms with Gasteiger partial charge in [0.1, 0.15) is 6.33 Å². The molecule has 0 spiro atoms. The van der Waals surface area contributed by atoms with Crippen molar-refractivity contribution in [3.63, 3.8) is 0 Å². The Morgan fingerprint density at radius 2 is 1.79 bits per heavy atom. The summed E-state index contributed by atoms with van der Waals surface area (Å²) < 4.78 is 1.87. The summed E-state index contributed by atoms with van der Waals surface area (Å²) in [4.78, 5) is 5.22. The van der Waals surface area contributed by atoms with Gasteiger partial charge in [-0.15, -0.1) is 10.2 Å². The molecule has 7 heteroatoms. The molecule has 128 valence electrons. The number of piperidine rings is 1. The van der Waals surface area contributed by atoms with Crippen LogP contribution in [0.1, 0.15) is 37.3 Å². The minimum absolute atomic E-state index is 0.652. The average Bonchev–Trinajstić information content (AvgIpc) is 3.39. The van der Waals surface area contributed by atoms with E-state index >= 15 is 0 Å². The number of hydrogen-bond donors (Lipinski definition) is 0. The third kappa shape index (κ3) is 2.77. The van der Waals surface area contributed by atoms with Crippen LogP contribution in [-0.4, -0.2) is 68.4 Å². The molecule has 3 aliphatic rings. The first-order chi connectivity index (χ1) is 11.9. The van der Waals surface area contributed by atoms with Crippen molar-refractivity contribution in [3.8, 4) is 0 Å². The highest BCUT2D eigenvalue weighted by molar-refractivity contribution is 7.99. The number of fused-ring (bicyclic) bond motifs is 1. The fourth-order valence-corrected chi connectivity index (χ4v) is 4.99. The standard InChI is InChI=1S/C17H24N6S/c1-2-13(1)15-11-16(17-19-18-12-23(17)20-15)22-5-3-14(4-6-22)21-7-9-24-10-8-21/h11-14H,1-10H2. The van der Waals surface area contributed by atoms with E-state index in [2.05, 4.69) is 37.8 Å². The molecule has 2 aliphatic heterocycles. The molecule has 1 aliphatic carbocycles. The number of thioether (sulfide) groups is 1. The van der Waals surface area contributed by atoms with Crippen molar-refractivity contribution < 1.29 is 0 Å². The molecular formula is C17H24N6S. The van der Waals surface area contributed by atoms with Crippen molar-refractivity contribution in [2.75, 3.05) is 42.6 Å². The predicted octanol–water partition coefficient (Wildman–Crippen LogP) is 2.02. The van der Waals surface area contributed by atoms with Crippen LogP contribution in [0.25, 0.3) is 5.65 Å². The Hall–Kier alpha value is -1.34. The lowest BCUT2D eigenvalue weighted by atomic mass is 10.0. The van der Waals surface area contributed by atoms with Gasteiger partial charge in [0.2, 0.25) is 5.65 Å². The molecule has 2 aromatic heterocycles. The van der Waals surface area contributed by atoms with Crippen molar-refractivity contribution >= 4 is 23.1 Å². The zero-order valence-corrected chi connectivity index (χ0v) is 14.8. The summed E-state index contributed by atoms with van der Waals surface area (Å²) in [6.07, 6.45) is 6.80. The van der Waals surface area contributed by atoms with Gasteiger partial charge in [0.15, 0.2) is 0 Å². The predicted molar refractivity (Wildman–Crippen MR) is 96.9 cm³/mol. The van der Waals surface area contributed by atoms with Crippen LogP contribution in [0.2, 0.25) is 0 Å². The normalized spacial score (nSPS) is 23.9. The fraction of sp³-hybridized carbons (Fsp3) is 0.706. The van der Waals surface area contributed by atoms with E-state index in [-0.39, 0.29) is 0 Å². The van der Waals surface area contributed by atoms with E-state index in [4.69, 9.17) is 5.10 Å². The van der Waals surface area contributed by atoms with Crippen LogP contribution in [0.3, 0.4) is 0 Å². The average molecular weight is 344 g/mol. The second-order valence-electron chi connectivity index (χ2n) is 7.19. The number of aromatic nitrogens is 4. The van der Waals surface area contributed by atoms with Crippen LogP contribution in [0.4, 0.5) is 5.69 Å². The summed E-state index contributed by atoms with van der Waals surface area (Å²) in [6.45, 7) is 4.77. The Balaban J connectivity index is 1.35. The van der Waals surface area contributed by atoms with Gasteiger partial charge in [-0.05, 0) is 31.7 Å². The zero-order valence-electron chi connectivity index (χ0n) is 14.0. The maximum atomic E-state index is 4.70. The molecular weight excluding hydrogens is 320 g/mol. The minimum Gasteiger partial charge on any atom is -0.368 e. The third-order valence-corrected chi connectivity index (χ3v) is 6.57. The van der Waals surface area contributed by atoms with Gasteiger partial charge in [-0.3, -0.25) is 4.90 Å². The first-order valence-corrected chi connectivity index (χ1v) is 10.3. The van der Waals surface area contributed by atoms with Gasteiger partial charge in [-0.25, -0.2) is 0 Å². The van der Waals surface area contributed by atoms with E-state index in [0.717, 1.165) is 24.8 Å². The molecule has 5 rings (SSSR count). The van der Waals surface area contributed by atoms with Gasteiger partial charge in [0, 0.05) is 49.6 Å². The van der Waals surface area contributed by atoms with Crippen molar-refractivity contribution in [2.45, 2.75) is 37.6 Å². The van der Waals surface area contributed by atoms with Crippen molar-refractivity contribution in [3.05, 3.63) is 18.1 Å². The molecule has 4 heterocycles. The summed E-state index contributed by atoms with van der Waals surface area (Å²) in [6, 6.07) is 3.04. The second-order valence-corrected chi connectivity index (χ2v) is 8.42. The minimum atomic E-state index is 0.652. The molecule has 3 fully saturated rings. The molecule has 0 bridgehead atoms. The lowest BCUT2D eigenvalue weighted by Crippen LogP contribution is -2.47. The topological polar surface area (TPSA) is 49.6 Å². The second kappa shape index (κ2) is 6.19. The first-order valence-electron chi connectivity index (χ1n) is 9.16. The molecule has 1 saturated carbocycles. The summed E-state index contributed by atoms with van der Waals surface area (Å²) in [5.74, 6) is 3.25. The molecule has 2 aromatic rings. The molecule has 0 N–H and O–H groups in total. The van der Waals surface area contributed by atoms with Gasteiger partial charge in [0.25, 0.3) is 0 Å². The van der Waals surface area contributed by atoms with Crippen LogP contribution < -0.4 is 4.90 Å². The molecule has 0 atom stereocenters. The first kappa shape index (κ1) is 15.0. The molecule has 6 nitrogen and oxygen atoms in total. The smallest absolute Gasteiger partial charge is 0.200 e. The van der Waals surface area contributed by atoms with Gasteiger partial charge >= 0.3 is 0 Å². The van der Waals surface area contributed by atoms with E-state index < -0.39 is 0 Å². The van der Waals surface area contributed by atoms with Crippen LogP contribution in [0.15, 0.2) is 12.4 Å². The lowest BCUT2D eigenvalue weighted by Gasteiger charge is -2.40. The van der Waals surface area contributed by atoms with Crippen molar-refractivity contribution in [1.82, 2.24) is 24.7 Å². The Labute approximate surface area is 146 Å². The number of anilines is 1. The third-order valence-electron chi connectivity index (χ3n) is 5.63. The van der Waals surface area contributed by atoms with Crippen LogP contribution in [-0.2, 0) is 0 Å². The Bertz CT molecular complexity index is 713. The summed E-state index contributed by atoms with van der Waals surface area (Å²) >= 11 is 2.10. The molecule has 24 heavy (non-hydrogen) atoms. The fourth-order valence-electron chi connectivity index (χ4n) is 4.06. The van der Waals surface area contributed by atoms with E-state index in [1.807, 2.05) is 4.52 Å². The summed E-state index contributed by atoms with van der Waals surface area (Å²) in [5.41, 5.74) is 3.36. The van der Waals surface area contributed by atoms with Crippen LogP contribution in [0, 0.1) is 0 Å². The van der Waals surface area contributed by atoms with E-state index in [9.17, 15) is 0 Å². The van der Waals surface area contributed by atoms with Crippen LogP contribution >= 0.6 is 11.8 Å². The molecule has 0 amide bonds. The summed E-state index contributed by atoms with van der Waals surface area (Å²) in [7, 11) is 0. The van der Waals surface area contributed by atoms with E-state index in [1.54, 1.807) is 6.33 Å². The maximum Gasteiger partial charge on any atom is 0.200 e. The molecule has 0 aromatic carbocycles.